The molecule has 1 heterocycles. The highest BCUT2D eigenvalue weighted by Gasteiger charge is 2.04. The second-order valence-electron chi connectivity index (χ2n) is 2.06. The van der Waals surface area contributed by atoms with E-state index < -0.39 is 11.7 Å². The Hall–Kier alpha value is -2.11. The van der Waals surface area contributed by atoms with Crippen LogP contribution in [0.1, 0.15) is 0 Å². The largest absolute Gasteiger partial charge is 0.382 e. The predicted octanol–water partition coefficient (Wildman–Crippen LogP) is -1.03. The average molecular weight is 181 g/mol. The van der Waals surface area contributed by atoms with E-state index in [0.29, 0.717) is 4.73 Å². The molecular formula is C7H7N3O3. The first-order valence-electron chi connectivity index (χ1n) is 3.33. The lowest BCUT2D eigenvalue weighted by atomic mass is 10.6. The van der Waals surface area contributed by atoms with Gasteiger partial charge in [0.15, 0.2) is 0 Å². The summed E-state index contributed by atoms with van der Waals surface area (Å²) in [5.74, 6) is -0.781. The van der Waals surface area contributed by atoms with Gasteiger partial charge >= 0.3 is 11.7 Å². The van der Waals surface area contributed by atoms with Crippen LogP contribution in [0.3, 0.4) is 0 Å². The van der Waals surface area contributed by atoms with Crippen LogP contribution in [-0.2, 0) is 4.79 Å². The zero-order valence-electron chi connectivity index (χ0n) is 6.64. The monoisotopic (exact) mass is 181 g/mol. The first-order chi connectivity index (χ1) is 6.15. The van der Waals surface area contributed by atoms with Gasteiger partial charge in [0.2, 0.25) is 0 Å². The van der Waals surface area contributed by atoms with E-state index in [1.165, 1.54) is 12.3 Å². The van der Waals surface area contributed by atoms with E-state index in [-0.39, 0.29) is 5.82 Å². The Morgan fingerprint density at radius 1 is 1.77 bits per heavy atom. The lowest BCUT2D eigenvalue weighted by molar-refractivity contribution is -0.138. The molecule has 0 amide bonds. The molecule has 0 aliphatic heterocycles. The van der Waals surface area contributed by atoms with Gasteiger partial charge in [-0.2, -0.15) is 4.98 Å². The molecule has 0 aromatic carbocycles. The van der Waals surface area contributed by atoms with Gasteiger partial charge in [-0.1, -0.05) is 6.58 Å². The van der Waals surface area contributed by atoms with E-state index in [1.54, 1.807) is 0 Å². The first kappa shape index (κ1) is 8.98. The van der Waals surface area contributed by atoms with Crippen molar-refractivity contribution in [3.05, 3.63) is 35.4 Å². The molecule has 0 saturated carbocycles. The molecule has 0 bridgehead atoms. The summed E-state index contributed by atoms with van der Waals surface area (Å²) >= 11 is 0. The van der Waals surface area contributed by atoms with Crippen LogP contribution in [0.4, 0.5) is 5.82 Å². The maximum absolute atomic E-state index is 11.0. The first-order valence-corrected chi connectivity index (χ1v) is 3.33. The maximum Gasteiger partial charge on any atom is 0.382 e. The fraction of sp³-hybridized carbons (Fsp3) is 0. The number of nitrogen functional groups attached to an aromatic ring is 1. The summed E-state index contributed by atoms with van der Waals surface area (Å²) in [7, 11) is 0. The number of hydrogen-bond donors (Lipinski definition) is 1. The molecule has 1 aromatic heterocycles. The SMILES string of the molecule is C=CC(=O)On1c(N)ccnc1=O. The highest BCUT2D eigenvalue weighted by Crippen LogP contribution is 1.92. The molecule has 68 valence electrons. The summed E-state index contributed by atoms with van der Waals surface area (Å²) in [4.78, 5) is 29.5. The molecule has 13 heavy (non-hydrogen) atoms. The Kier molecular flexibility index (Phi) is 2.44. The van der Waals surface area contributed by atoms with E-state index in [1.807, 2.05) is 0 Å². The Morgan fingerprint density at radius 3 is 3.00 bits per heavy atom. The number of anilines is 1. The van der Waals surface area contributed by atoms with Crippen molar-refractivity contribution in [3.63, 3.8) is 0 Å². The van der Waals surface area contributed by atoms with Crippen molar-refractivity contribution in [1.29, 1.82) is 0 Å². The lowest BCUT2D eigenvalue weighted by Crippen LogP contribution is -2.33. The topological polar surface area (TPSA) is 87.2 Å². The summed E-state index contributed by atoms with van der Waals surface area (Å²) in [5, 5.41) is 0. The van der Waals surface area contributed by atoms with Crippen LogP contribution in [-0.4, -0.2) is 15.7 Å². The molecule has 0 spiro atoms. The number of aromatic nitrogens is 2. The number of nitrogens with two attached hydrogens (primary N) is 1. The summed E-state index contributed by atoms with van der Waals surface area (Å²) < 4.78 is 0.587. The minimum absolute atomic E-state index is 0.00444. The van der Waals surface area contributed by atoms with Gasteiger partial charge in [0.05, 0.1) is 0 Å². The summed E-state index contributed by atoms with van der Waals surface area (Å²) in [6.45, 7) is 3.16. The standard InChI is InChI=1S/C7H7N3O3/c1-2-6(11)13-10-5(8)3-4-9-7(10)12/h2-4H,1,8H2. The van der Waals surface area contributed by atoms with Gasteiger partial charge < -0.3 is 10.6 Å². The Bertz CT molecular complexity index is 396. The average Bonchev–Trinajstić information content (AvgIpc) is 2.11. The molecule has 0 unspecified atom stereocenters. The van der Waals surface area contributed by atoms with Crippen LogP contribution >= 0.6 is 0 Å². The quantitative estimate of drug-likeness (QED) is 0.589. The highest BCUT2D eigenvalue weighted by molar-refractivity contribution is 5.81. The molecule has 0 saturated heterocycles. The second-order valence-corrected chi connectivity index (χ2v) is 2.06. The van der Waals surface area contributed by atoms with Gasteiger partial charge in [-0.05, 0) is 0 Å². The highest BCUT2D eigenvalue weighted by atomic mass is 16.7. The molecule has 0 aliphatic rings. The third kappa shape index (κ3) is 1.92. The van der Waals surface area contributed by atoms with Crippen molar-refractivity contribution < 1.29 is 9.63 Å². The molecule has 2 N–H and O–H groups in total. The molecule has 6 nitrogen and oxygen atoms in total. The minimum atomic E-state index is -0.776. The Balaban J connectivity index is 3.07. The minimum Gasteiger partial charge on any atom is -0.382 e. The van der Waals surface area contributed by atoms with Crippen LogP contribution in [0.25, 0.3) is 0 Å². The third-order valence-electron chi connectivity index (χ3n) is 1.19. The zero-order valence-corrected chi connectivity index (χ0v) is 6.64. The van der Waals surface area contributed by atoms with Gasteiger partial charge in [-0.3, -0.25) is 0 Å². The molecule has 1 rings (SSSR count). The lowest BCUT2D eigenvalue weighted by Gasteiger charge is -2.04. The van der Waals surface area contributed by atoms with Gasteiger partial charge in [-0.15, -0.1) is 4.73 Å². The van der Waals surface area contributed by atoms with Gasteiger partial charge in [0.25, 0.3) is 0 Å². The zero-order chi connectivity index (χ0) is 9.84. The smallest absolute Gasteiger partial charge is 0.382 e. The van der Waals surface area contributed by atoms with Crippen molar-refractivity contribution in [3.8, 4) is 0 Å². The van der Waals surface area contributed by atoms with Gasteiger partial charge in [0.1, 0.15) is 5.82 Å². The third-order valence-corrected chi connectivity index (χ3v) is 1.19. The van der Waals surface area contributed by atoms with Gasteiger partial charge in [-0.25, -0.2) is 9.59 Å². The van der Waals surface area contributed by atoms with E-state index in [4.69, 9.17) is 5.73 Å². The number of rotatable bonds is 2. The van der Waals surface area contributed by atoms with Crippen LogP contribution in [0.5, 0.6) is 0 Å². The summed E-state index contributed by atoms with van der Waals surface area (Å²) in [6, 6.07) is 1.33. The van der Waals surface area contributed by atoms with Crippen molar-refractivity contribution in [1.82, 2.24) is 9.71 Å². The van der Waals surface area contributed by atoms with Crippen LogP contribution < -0.4 is 16.3 Å². The van der Waals surface area contributed by atoms with E-state index in [0.717, 1.165) is 6.08 Å². The molecular weight excluding hydrogens is 174 g/mol. The van der Waals surface area contributed by atoms with Crippen molar-refractivity contribution in [2.75, 3.05) is 5.73 Å². The van der Waals surface area contributed by atoms with E-state index >= 15 is 0 Å². The summed E-state index contributed by atoms with van der Waals surface area (Å²) in [5.41, 5.74) is 4.58. The summed E-state index contributed by atoms with van der Waals surface area (Å²) in [6.07, 6.45) is 2.13. The fourth-order valence-corrected chi connectivity index (χ4v) is 0.627. The van der Waals surface area contributed by atoms with Crippen LogP contribution in [0, 0.1) is 0 Å². The second kappa shape index (κ2) is 3.53. The number of carbonyl (C=O) groups is 1. The number of carbonyl (C=O) groups excluding carboxylic acids is 1. The molecule has 6 heteroatoms. The molecule has 0 fully saturated rings. The van der Waals surface area contributed by atoms with Gasteiger partial charge in [0, 0.05) is 18.3 Å². The number of hydrogen-bond acceptors (Lipinski definition) is 5. The molecule has 0 aliphatic carbocycles. The predicted molar refractivity (Wildman–Crippen MR) is 44.7 cm³/mol. The van der Waals surface area contributed by atoms with Crippen molar-refractivity contribution in [2.24, 2.45) is 0 Å². The Labute approximate surface area is 73.2 Å². The normalized spacial score (nSPS) is 9.23. The van der Waals surface area contributed by atoms with Crippen LogP contribution in [0.2, 0.25) is 0 Å². The van der Waals surface area contributed by atoms with E-state index in [9.17, 15) is 9.59 Å². The Morgan fingerprint density at radius 2 is 2.46 bits per heavy atom. The number of nitrogens with zero attached hydrogens (tertiary/aromatic N) is 2. The molecule has 0 atom stereocenters. The van der Waals surface area contributed by atoms with Crippen molar-refractivity contribution >= 4 is 11.8 Å². The molecule has 1 aromatic rings. The fourth-order valence-electron chi connectivity index (χ4n) is 0.627. The maximum atomic E-state index is 11.0. The molecule has 0 radical (unpaired) electrons. The van der Waals surface area contributed by atoms with E-state index in [2.05, 4.69) is 16.4 Å². The van der Waals surface area contributed by atoms with Crippen LogP contribution in [0.15, 0.2) is 29.7 Å². The van der Waals surface area contributed by atoms with Crippen molar-refractivity contribution in [2.45, 2.75) is 0 Å².